The topological polar surface area (TPSA) is 40.4 Å². The number of aliphatic hydroxyl groups is 1. The normalized spacial score (nSPS) is 20.0. The first-order chi connectivity index (χ1) is 9.09. The van der Waals surface area contributed by atoms with Gasteiger partial charge in [0.05, 0.1) is 5.52 Å². The van der Waals surface area contributed by atoms with Crippen LogP contribution in [0, 0.1) is 5.82 Å². The van der Waals surface area contributed by atoms with Gasteiger partial charge in [-0.3, -0.25) is 0 Å². The van der Waals surface area contributed by atoms with Crippen LogP contribution in [0.15, 0.2) is 36.8 Å². The minimum atomic E-state index is -0.739. The number of halogens is 1. The van der Waals surface area contributed by atoms with Crippen molar-refractivity contribution in [1.29, 1.82) is 0 Å². The number of aliphatic hydroxyl groups excluding tert-OH is 1. The molecule has 1 aliphatic heterocycles. The molecule has 0 spiro atoms. The van der Waals surface area contributed by atoms with Crippen molar-refractivity contribution in [2.45, 2.75) is 12.3 Å². The van der Waals surface area contributed by atoms with Crippen LogP contribution in [-0.2, 0) is 7.05 Å². The van der Waals surface area contributed by atoms with Gasteiger partial charge >= 0.3 is 0 Å². The first-order valence-corrected chi connectivity index (χ1v) is 6.16. The molecule has 19 heavy (non-hydrogen) atoms. The molecule has 0 saturated carbocycles. The molecular weight excluding hydrogens is 245 g/mol. The Balaban J connectivity index is 2.10. The quantitative estimate of drug-likeness (QED) is 0.864. The zero-order chi connectivity index (χ0) is 13.6. The number of hydrogen-bond acceptors (Lipinski definition) is 3. The fraction of sp³-hybridized carbons (Fsp3) is 0.286. The van der Waals surface area contributed by atoms with Crippen LogP contribution in [0.4, 0.5) is 4.39 Å². The molecule has 0 bridgehead atoms. The van der Waals surface area contributed by atoms with Crippen LogP contribution in [0.3, 0.4) is 0 Å². The fourth-order valence-corrected chi connectivity index (χ4v) is 2.61. The Morgan fingerprint density at radius 2 is 2.11 bits per heavy atom. The molecule has 2 unspecified atom stereocenters. The average Bonchev–Trinajstić information content (AvgIpc) is 2.97. The Bertz CT molecular complexity index is 649. The smallest absolute Gasteiger partial charge is 0.132 e. The maximum Gasteiger partial charge on any atom is 0.132 e. The summed E-state index contributed by atoms with van der Waals surface area (Å²) in [6, 6.07) is 4.78. The van der Waals surface area contributed by atoms with E-state index >= 15 is 0 Å². The van der Waals surface area contributed by atoms with E-state index in [0.29, 0.717) is 5.39 Å². The molecule has 3 rings (SSSR count). The molecule has 4 nitrogen and oxygen atoms in total. The third-order valence-corrected chi connectivity index (χ3v) is 3.65. The lowest BCUT2D eigenvalue weighted by atomic mass is 10.0. The molecule has 5 heteroatoms. The molecule has 0 saturated heterocycles. The van der Waals surface area contributed by atoms with E-state index in [1.807, 2.05) is 29.8 Å². The van der Waals surface area contributed by atoms with Crippen molar-refractivity contribution in [2.75, 3.05) is 7.05 Å². The SMILES string of the molecule is CN1C=CNC1C(O)c1ccc(F)c2ccn(C)c12. The van der Waals surface area contributed by atoms with Crippen molar-refractivity contribution < 1.29 is 9.50 Å². The molecule has 0 amide bonds. The number of rotatable bonds is 2. The number of likely N-dealkylation sites (N-methyl/N-ethyl adjacent to an activating group) is 1. The summed E-state index contributed by atoms with van der Waals surface area (Å²) in [4.78, 5) is 1.89. The van der Waals surface area contributed by atoms with Crippen LogP contribution in [0.25, 0.3) is 10.9 Å². The third kappa shape index (κ3) is 1.77. The average molecular weight is 261 g/mol. The van der Waals surface area contributed by atoms with Gasteiger partial charge in [-0.1, -0.05) is 6.07 Å². The van der Waals surface area contributed by atoms with Crippen molar-refractivity contribution >= 4 is 10.9 Å². The van der Waals surface area contributed by atoms with Gasteiger partial charge in [0.2, 0.25) is 0 Å². The van der Waals surface area contributed by atoms with Crippen LogP contribution in [0.5, 0.6) is 0 Å². The largest absolute Gasteiger partial charge is 0.384 e. The van der Waals surface area contributed by atoms with Crippen LogP contribution >= 0.6 is 0 Å². The lowest BCUT2D eigenvalue weighted by molar-refractivity contribution is 0.0838. The highest BCUT2D eigenvalue weighted by molar-refractivity contribution is 5.84. The minimum Gasteiger partial charge on any atom is -0.384 e. The van der Waals surface area contributed by atoms with Crippen molar-refractivity contribution in [1.82, 2.24) is 14.8 Å². The number of nitrogens with zero attached hydrogens (tertiary/aromatic N) is 2. The zero-order valence-corrected chi connectivity index (χ0v) is 10.8. The van der Waals surface area contributed by atoms with Gasteiger partial charge in [-0.05, 0) is 12.1 Å². The van der Waals surface area contributed by atoms with E-state index < -0.39 is 6.10 Å². The highest BCUT2D eigenvalue weighted by atomic mass is 19.1. The van der Waals surface area contributed by atoms with Crippen molar-refractivity contribution in [2.24, 2.45) is 7.05 Å². The van der Waals surface area contributed by atoms with E-state index in [9.17, 15) is 9.50 Å². The monoisotopic (exact) mass is 261 g/mol. The second kappa shape index (κ2) is 4.28. The van der Waals surface area contributed by atoms with Crippen LogP contribution in [0.1, 0.15) is 11.7 Å². The van der Waals surface area contributed by atoms with Crippen molar-refractivity contribution in [3.8, 4) is 0 Å². The number of fused-ring (bicyclic) bond motifs is 1. The summed E-state index contributed by atoms with van der Waals surface area (Å²) in [5.74, 6) is -0.266. The first kappa shape index (κ1) is 12.0. The molecule has 0 aliphatic carbocycles. The maximum absolute atomic E-state index is 13.8. The van der Waals surface area contributed by atoms with Crippen LogP contribution in [0.2, 0.25) is 0 Å². The van der Waals surface area contributed by atoms with Gasteiger partial charge < -0.3 is 19.9 Å². The number of aromatic nitrogens is 1. The molecule has 1 aliphatic rings. The molecule has 0 radical (unpaired) electrons. The highest BCUT2D eigenvalue weighted by Crippen LogP contribution is 2.30. The van der Waals surface area contributed by atoms with E-state index in [4.69, 9.17) is 0 Å². The zero-order valence-electron chi connectivity index (χ0n) is 10.8. The standard InChI is InChI=1S/C14H16FN3O/c1-17-7-5-9-11(15)4-3-10(12(9)17)13(19)14-16-6-8-18(14)2/h3-8,13-14,16,19H,1-2H3. The van der Waals surface area contributed by atoms with Gasteiger partial charge in [-0.15, -0.1) is 0 Å². The van der Waals surface area contributed by atoms with Gasteiger partial charge in [0, 0.05) is 43.6 Å². The summed E-state index contributed by atoms with van der Waals surface area (Å²) in [5, 5.41) is 14.2. The molecule has 2 heterocycles. The predicted molar refractivity (Wildman–Crippen MR) is 71.7 cm³/mol. The van der Waals surface area contributed by atoms with Gasteiger partial charge in [-0.25, -0.2) is 4.39 Å². The summed E-state index contributed by atoms with van der Waals surface area (Å²) >= 11 is 0. The summed E-state index contributed by atoms with van der Waals surface area (Å²) in [7, 11) is 3.73. The lowest BCUT2D eigenvalue weighted by Crippen LogP contribution is -2.38. The van der Waals surface area contributed by atoms with E-state index in [0.717, 1.165) is 11.1 Å². The molecule has 1 aromatic carbocycles. The summed E-state index contributed by atoms with van der Waals surface area (Å²) in [6.45, 7) is 0. The minimum absolute atomic E-state index is 0.233. The fourth-order valence-electron chi connectivity index (χ4n) is 2.61. The molecule has 2 aromatic rings. The molecular formula is C14H16FN3O. The number of benzene rings is 1. The first-order valence-electron chi connectivity index (χ1n) is 6.16. The summed E-state index contributed by atoms with van der Waals surface area (Å²) in [6.07, 6.45) is 4.48. The molecule has 2 atom stereocenters. The van der Waals surface area contributed by atoms with Crippen LogP contribution in [-0.4, -0.2) is 27.8 Å². The van der Waals surface area contributed by atoms with Gasteiger partial charge in [0.15, 0.2) is 0 Å². The number of aryl methyl sites for hydroxylation is 1. The molecule has 100 valence electrons. The molecule has 1 aromatic heterocycles. The summed E-state index contributed by atoms with van der Waals surface area (Å²) in [5.41, 5.74) is 1.45. The highest BCUT2D eigenvalue weighted by Gasteiger charge is 2.27. The Morgan fingerprint density at radius 1 is 1.32 bits per heavy atom. The third-order valence-electron chi connectivity index (χ3n) is 3.65. The number of hydrogen-bond donors (Lipinski definition) is 2. The Labute approximate surface area is 110 Å². The van der Waals surface area contributed by atoms with Gasteiger partial charge in [0.1, 0.15) is 18.1 Å². The van der Waals surface area contributed by atoms with Crippen molar-refractivity contribution in [3.05, 3.63) is 48.2 Å². The second-order valence-corrected chi connectivity index (χ2v) is 4.86. The Kier molecular flexibility index (Phi) is 2.71. The van der Waals surface area contributed by atoms with Crippen LogP contribution < -0.4 is 5.32 Å². The lowest BCUT2D eigenvalue weighted by Gasteiger charge is -2.27. The van der Waals surface area contributed by atoms with E-state index in [1.165, 1.54) is 6.07 Å². The van der Waals surface area contributed by atoms with Crippen molar-refractivity contribution in [3.63, 3.8) is 0 Å². The number of nitrogens with one attached hydrogen (secondary N) is 1. The molecule has 0 fully saturated rings. The van der Waals surface area contributed by atoms with Gasteiger partial charge in [0.25, 0.3) is 0 Å². The maximum atomic E-state index is 13.8. The molecule has 2 N–H and O–H groups in total. The predicted octanol–water partition coefficient (Wildman–Crippen LogP) is 1.68. The summed E-state index contributed by atoms with van der Waals surface area (Å²) < 4.78 is 15.6. The Morgan fingerprint density at radius 3 is 2.79 bits per heavy atom. The van der Waals surface area contributed by atoms with E-state index in [-0.39, 0.29) is 12.0 Å². The second-order valence-electron chi connectivity index (χ2n) is 4.86. The Hall–Kier alpha value is -2.01. The van der Waals surface area contributed by atoms with E-state index in [2.05, 4.69) is 5.32 Å². The van der Waals surface area contributed by atoms with Gasteiger partial charge in [-0.2, -0.15) is 0 Å². The van der Waals surface area contributed by atoms with E-state index in [1.54, 1.807) is 24.5 Å².